The Morgan fingerprint density at radius 3 is 2.47 bits per heavy atom. The summed E-state index contributed by atoms with van der Waals surface area (Å²) < 4.78 is 5.05. The first-order valence-corrected chi connectivity index (χ1v) is 14.6. The molecular formula is C24H35BrN8O10. The Hall–Kier alpha value is -3.23. The normalized spacial score (nSPS) is 36.9. The lowest BCUT2D eigenvalue weighted by molar-refractivity contribution is -0.166. The molecule has 0 aliphatic carbocycles. The predicted molar refractivity (Wildman–Crippen MR) is 147 cm³/mol. The summed E-state index contributed by atoms with van der Waals surface area (Å²) >= 11 is 3.45. The maximum atomic E-state index is 13.9. The second kappa shape index (κ2) is 13.2. The van der Waals surface area contributed by atoms with E-state index < -0.39 is 90.6 Å². The van der Waals surface area contributed by atoms with Gasteiger partial charge in [0.1, 0.15) is 30.3 Å². The van der Waals surface area contributed by atoms with E-state index in [2.05, 4.69) is 42.5 Å². The van der Waals surface area contributed by atoms with Crippen LogP contribution in [0, 0.1) is 0 Å². The lowest BCUT2D eigenvalue weighted by Crippen LogP contribution is -2.70. The van der Waals surface area contributed by atoms with Crippen LogP contribution < -0.4 is 21.5 Å². The lowest BCUT2D eigenvalue weighted by Gasteiger charge is -2.44. The van der Waals surface area contributed by atoms with Crippen LogP contribution in [0.4, 0.5) is 0 Å². The van der Waals surface area contributed by atoms with E-state index in [0.29, 0.717) is 18.0 Å². The van der Waals surface area contributed by atoms with E-state index in [4.69, 9.17) is 4.74 Å². The van der Waals surface area contributed by atoms with Crippen molar-refractivity contribution in [2.24, 2.45) is 5.10 Å². The molecule has 0 aromatic carbocycles. The fraction of sp³-hybridized carbons (Fsp3) is 0.708. The van der Waals surface area contributed by atoms with Gasteiger partial charge in [0.2, 0.25) is 11.8 Å². The summed E-state index contributed by atoms with van der Waals surface area (Å²) in [4.78, 5) is 80.0. The molecule has 0 spiro atoms. The number of carbonyl (C=O) groups is 6. The second-order valence-electron chi connectivity index (χ2n) is 10.9. The number of hydrazone groups is 1. The van der Waals surface area contributed by atoms with Crippen LogP contribution in [0.2, 0.25) is 0 Å². The molecule has 0 radical (unpaired) electrons. The van der Waals surface area contributed by atoms with Gasteiger partial charge in [0.15, 0.2) is 18.2 Å². The van der Waals surface area contributed by atoms with E-state index in [1.54, 1.807) is 0 Å². The minimum atomic E-state index is -2.04. The molecule has 0 bridgehead atoms. The van der Waals surface area contributed by atoms with Gasteiger partial charge >= 0.3 is 5.97 Å². The van der Waals surface area contributed by atoms with Gasteiger partial charge in [-0.05, 0) is 33.1 Å². The summed E-state index contributed by atoms with van der Waals surface area (Å²) in [5.74, 6) is -5.53. The highest BCUT2D eigenvalue weighted by atomic mass is 79.9. The highest BCUT2D eigenvalue weighted by Gasteiger charge is 2.47. The molecule has 5 amide bonds. The third-order valence-corrected chi connectivity index (χ3v) is 8.31. The maximum absolute atomic E-state index is 13.9. The fourth-order valence-electron chi connectivity index (χ4n) is 5.11. The number of fused-ring (bicyclic) bond motifs is 3. The van der Waals surface area contributed by atoms with E-state index in [-0.39, 0.29) is 24.2 Å². The molecule has 238 valence electrons. The SMILES string of the molecule is C[C@@H]1NC(=O)[C@@H]2[C@H](O)[C@H](O)C=NN2C(=O)COC(=O)[C@](C)(CO)NC(=O)[C@@H]2CCCNN2C(=O)[C@@H]2C[C@@H](Br)CNN2C1=O. The van der Waals surface area contributed by atoms with Gasteiger partial charge in [-0.15, -0.1) is 0 Å². The van der Waals surface area contributed by atoms with Gasteiger partial charge in [-0.1, -0.05) is 15.9 Å². The van der Waals surface area contributed by atoms with Gasteiger partial charge in [0, 0.05) is 17.9 Å². The third kappa shape index (κ3) is 6.65. The summed E-state index contributed by atoms with van der Waals surface area (Å²) in [5, 5.41) is 41.9. The first-order valence-electron chi connectivity index (χ1n) is 13.7. The number of alkyl halides is 1. The molecule has 0 aromatic rings. The molecule has 8 atom stereocenters. The number of hydrazine groups is 2. The molecule has 18 nitrogen and oxygen atoms in total. The van der Waals surface area contributed by atoms with Crippen molar-refractivity contribution in [2.45, 2.75) is 79.9 Å². The zero-order chi connectivity index (χ0) is 31.6. The Labute approximate surface area is 254 Å². The summed E-state index contributed by atoms with van der Waals surface area (Å²) in [7, 11) is 0. The van der Waals surface area contributed by atoms with Crippen LogP contribution in [0.25, 0.3) is 0 Å². The molecule has 4 aliphatic heterocycles. The van der Waals surface area contributed by atoms with Crippen LogP contribution in [0.3, 0.4) is 0 Å². The summed E-state index contributed by atoms with van der Waals surface area (Å²) in [5.41, 5.74) is 3.71. The lowest BCUT2D eigenvalue weighted by atomic mass is 9.99. The number of hydrogen-bond donors (Lipinski definition) is 7. The van der Waals surface area contributed by atoms with Gasteiger partial charge < -0.3 is 30.7 Å². The highest BCUT2D eigenvalue weighted by molar-refractivity contribution is 9.09. The number of rotatable bonds is 1. The minimum absolute atomic E-state index is 0.135. The van der Waals surface area contributed by atoms with Crippen molar-refractivity contribution in [1.82, 2.24) is 36.5 Å². The first-order chi connectivity index (χ1) is 20.3. The number of aliphatic hydroxyl groups excluding tert-OH is 3. The van der Waals surface area contributed by atoms with E-state index in [1.807, 2.05) is 0 Å². The number of amides is 5. The standard InChI is InChI=1S/C24H35BrN8O10/c1-11-21(40)32-14(6-12(25)7-27-32)22(41)31-13(4-3-5-26-31)19(38)30-24(2,10-34)23(42)43-9-16(36)33-17(20(39)29-11)18(37)15(35)8-28-33/h8,11-15,17-18,26-27,34-35,37H,3-7,9-10H2,1-2H3,(H,29,39)(H,30,38)/t11-,12+,13-,14-,15+,17-,18+,24-/m0/s1. The van der Waals surface area contributed by atoms with Gasteiger partial charge in [0.05, 0.1) is 12.8 Å². The predicted octanol–water partition coefficient (Wildman–Crippen LogP) is -4.80. The van der Waals surface area contributed by atoms with Crippen LogP contribution >= 0.6 is 15.9 Å². The van der Waals surface area contributed by atoms with Crippen LogP contribution in [0.15, 0.2) is 5.10 Å². The van der Waals surface area contributed by atoms with Crippen LogP contribution in [-0.4, -0.2) is 145 Å². The number of aliphatic hydroxyl groups is 3. The topological polar surface area (TPSA) is 243 Å². The van der Waals surface area contributed by atoms with Crippen molar-refractivity contribution in [3.05, 3.63) is 0 Å². The Morgan fingerprint density at radius 2 is 1.77 bits per heavy atom. The zero-order valence-corrected chi connectivity index (χ0v) is 25.0. The number of ether oxygens (including phenoxy) is 1. The van der Waals surface area contributed by atoms with Gasteiger partial charge in [-0.2, -0.15) is 5.10 Å². The van der Waals surface area contributed by atoms with Gasteiger partial charge in [0.25, 0.3) is 17.7 Å². The summed E-state index contributed by atoms with van der Waals surface area (Å²) in [6.07, 6.45) is -1.89. The number of hydrogen-bond acceptors (Lipinski definition) is 13. The van der Waals surface area contributed by atoms with E-state index in [9.17, 15) is 44.1 Å². The van der Waals surface area contributed by atoms with Gasteiger partial charge in [-0.25, -0.2) is 20.7 Å². The largest absolute Gasteiger partial charge is 0.454 e. The van der Waals surface area contributed by atoms with Crippen molar-refractivity contribution >= 4 is 57.6 Å². The Balaban J connectivity index is 1.73. The molecule has 3 saturated heterocycles. The molecule has 4 heterocycles. The Kier molecular flexibility index (Phi) is 10.0. The van der Waals surface area contributed by atoms with Crippen LogP contribution in [-0.2, 0) is 33.5 Å². The average Bonchev–Trinajstić information content (AvgIpc) is 2.99. The van der Waals surface area contributed by atoms with Crippen molar-refractivity contribution in [3.8, 4) is 0 Å². The highest BCUT2D eigenvalue weighted by Crippen LogP contribution is 2.23. The van der Waals surface area contributed by atoms with Crippen molar-refractivity contribution in [1.29, 1.82) is 0 Å². The molecule has 0 unspecified atom stereocenters. The van der Waals surface area contributed by atoms with E-state index >= 15 is 0 Å². The van der Waals surface area contributed by atoms with E-state index in [0.717, 1.165) is 23.2 Å². The number of halogens is 1. The number of nitrogens with zero attached hydrogens (tertiary/aromatic N) is 4. The molecule has 7 N–H and O–H groups in total. The Bertz CT molecular complexity index is 1190. The second-order valence-corrected chi connectivity index (χ2v) is 12.2. The number of esters is 1. The molecular weight excluding hydrogens is 640 g/mol. The quantitative estimate of drug-likeness (QED) is 0.102. The van der Waals surface area contributed by atoms with Crippen LogP contribution in [0.5, 0.6) is 0 Å². The average molecular weight is 675 g/mol. The molecule has 4 aliphatic rings. The van der Waals surface area contributed by atoms with Crippen LogP contribution in [0.1, 0.15) is 33.1 Å². The Morgan fingerprint density at radius 1 is 1.07 bits per heavy atom. The molecule has 0 saturated carbocycles. The molecule has 4 rings (SSSR count). The smallest absolute Gasteiger partial charge is 0.334 e. The third-order valence-electron chi connectivity index (χ3n) is 7.61. The number of nitrogens with one attached hydrogen (secondary N) is 4. The van der Waals surface area contributed by atoms with E-state index in [1.165, 1.54) is 6.92 Å². The molecule has 43 heavy (non-hydrogen) atoms. The number of cyclic esters (lactones) is 1. The maximum Gasteiger partial charge on any atom is 0.334 e. The van der Waals surface area contributed by atoms with Gasteiger partial charge in [-0.3, -0.25) is 34.0 Å². The fourth-order valence-corrected chi connectivity index (χ4v) is 5.60. The monoisotopic (exact) mass is 674 g/mol. The van der Waals surface area contributed by atoms with Crippen molar-refractivity contribution in [2.75, 3.05) is 26.3 Å². The first kappa shape index (κ1) is 32.7. The van der Waals surface area contributed by atoms with Crippen molar-refractivity contribution < 1.29 is 48.8 Å². The zero-order valence-electron chi connectivity index (χ0n) is 23.4. The number of carbonyl (C=O) groups excluding carboxylic acids is 6. The molecule has 19 heteroatoms. The molecule has 0 aromatic heterocycles. The molecule has 3 fully saturated rings. The van der Waals surface area contributed by atoms with Crippen molar-refractivity contribution in [3.63, 3.8) is 0 Å². The summed E-state index contributed by atoms with van der Waals surface area (Å²) in [6.45, 7) is 1.12. The minimum Gasteiger partial charge on any atom is -0.454 e. The summed E-state index contributed by atoms with van der Waals surface area (Å²) in [6, 6.07) is -5.42.